The van der Waals surface area contributed by atoms with Crippen LogP contribution in [0.2, 0.25) is 0 Å². The highest BCUT2D eigenvalue weighted by Crippen LogP contribution is 2.41. The number of hydrogen-bond donors (Lipinski definition) is 2. The van der Waals surface area contributed by atoms with E-state index in [1.54, 1.807) is 7.11 Å². The van der Waals surface area contributed by atoms with Crippen molar-refractivity contribution >= 4 is 21.9 Å². The molecule has 0 fully saturated rings. The maximum Gasteiger partial charge on any atom is 0.305 e. The van der Waals surface area contributed by atoms with E-state index in [1.165, 1.54) is 11.1 Å². The van der Waals surface area contributed by atoms with Crippen molar-refractivity contribution in [1.29, 1.82) is 0 Å². The molecule has 1 unspecified atom stereocenters. The van der Waals surface area contributed by atoms with Gasteiger partial charge in [0.1, 0.15) is 5.75 Å². The molecule has 0 saturated carbocycles. The van der Waals surface area contributed by atoms with Gasteiger partial charge in [-0.05, 0) is 46.3 Å². The van der Waals surface area contributed by atoms with E-state index >= 15 is 0 Å². The Bertz CT molecular complexity index is 488. The van der Waals surface area contributed by atoms with Crippen LogP contribution in [-0.2, 0) is 17.6 Å². The summed E-state index contributed by atoms with van der Waals surface area (Å²) in [7, 11) is 1.58. The summed E-state index contributed by atoms with van der Waals surface area (Å²) >= 11 is 3.55. The molecule has 0 aromatic heterocycles. The highest BCUT2D eigenvalue weighted by Gasteiger charge is 2.24. The Hall–Kier alpha value is -1.07. The minimum Gasteiger partial charge on any atom is -0.495 e. The molecule has 5 heteroatoms. The number of carboxylic acid groups (broad SMARTS) is 1. The number of aliphatic carboxylic acids is 1. The quantitative estimate of drug-likeness (QED) is 0.895. The first-order chi connectivity index (χ1) is 8.54. The van der Waals surface area contributed by atoms with Crippen LogP contribution in [0.4, 0.5) is 0 Å². The van der Waals surface area contributed by atoms with Gasteiger partial charge in [0.05, 0.1) is 18.0 Å². The third kappa shape index (κ3) is 2.37. The molecule has 1 aromatic rings. The molecule has 3 N–H and O–H groups in total. The zero-order valence-corrected chi connectivity index (χ0v) is 11.8. The van der Waals surface area contributed by atoms with Crippen LogP contribution in [-0.4, -0.2) is 18.2 Å². The van der Waals surface area contributed by atoms with Crippen LogP contribution in [0.5, 0.6) is 5.75 Å². The van der Waals surface area contributed by atoms with Crippen LogP contribution in [0.25, 0.3) is 0 Å². The van der Waals surface area contributed by atoms with E-state index in [-0.39, 0.29) is 6.42 Å². The van der Waals surface area contributed by atoms with Gasteiger partial charge in [-0.1, -0.05) is 6.07 Å². The van der Waals surface area contributed by atoms with Gasteiger partial charge >= 0.3 is 5.97 Å². The summed E-state index contributed by atoms with van der Waals surface area (Å²) in [5.41, 5.74) is 9.24. The molecule has 0 bridgehead atoms. The summed E-state index contributed by atoms with van der Waals surface area (Å²) < 4.78 is 6.31. The van der Waals surface area contributed by atoms with E-state index in [0.717, 1.165) is 29.3 Å². The van der Waals surface area contributed by atoms with Crippen LogP contribution in [0.15, 0.2) is 10.5 Å². The molecule has 1 aliphatic carbocycles. The van der Waals surface area contributed by atoms with Crippen LogP contribution in [0, 0.1) is 0 Å². The summed E-state index contributed by atoms with van der Waals surface area (Å²) in [6.07, 6.45) is 3.07. The molecular weight excluding hydrogens is 298 g/mol. The summed E-state index contributed by atoms with van der Waals surface area (Å²) in [5, 5.41) is 8.84. The van der Waals surface area contributed by atoms with E-state index in [2.05, 4.69) is 15.9 Å². The van der Waals surface area contributed by atoms with Gasteiger partial charge in [-0.15, -0.1) is 0 Å². The lowest BCUT2D eigenvalue weighted by Gasteiger charge is -2.18. The van der Waals surface area contributed by atoms with Crippen molar-refractivity contribution in [2.75, 3.05) is 7.11 Å². The average Bonchev–Trinajstić information content (AvgIpc) is 2.76. The van der Waals surface area contributed by atoms with E-state index in [9.17, 15) is 4.79 Å². The highest BCUT2D eigenvalue weighted by atomic mass is 79.9. The first-order valence-electron chi connectivity index (χ1n) is 5.90. The van der Waals surface area contributed by atoms with Gasteiger partial charge in [-0.25, -0.2) is 0 Å². The minimum atomic E-state index is -0.902. The van der Waals surface area contributed by atoms with Crippen molar-refractivity contribution in [3.8, 4) is 5.75 Å². The predicted molar refractivity (Wildman–Crippen MR) is 71.9 cm³/mol. The largest absolute Gasteiger partial charge is 0.495 e. The fourth-order valence-electron chi connectivity index (χ4n) is 2.48. The molecule has 2 rings (SSSR count). The topological polar surface area (TPSA) is 72.5 Å². The number of benzene rings is 1. The second-order valence-electron chi connectivity index (χ2n) is 4.51. The van der Waals surface area contributed by atoms with Crippen LogP contribution in [0.1, 0.15) is 35.6 Å². The first kappa shape index (κ1) is 13.4. The summed E-state index contributed by atoms with van der Waals surface area (Å²) in [6.45, 7) is 0. The number of ether oxygens (including phenoxy) is 1. The molecule has 0 radical (unpaired) electrons. The maximum absolute atomic E-state index is 10.8. The molecule has 0 saturated heterocycles. The van der Waals surface area contributed by atoms with Crippen molar-refractivity contribution in [1.82, 2.24) is 0 Å². The summed E-state index contributed by atoms with van der Waals surface area (Å²) in [6, 6.07) is 1.46. The smallest absolute Gasteiger partial charge is 0.305 e. The Morgan fingerprint density at radius 2 is 2.33 bits per heavy atom. The zero-order valence-electron chi connectivity index (χ0n) is 10.2. The highest BCUT2D eigenvalue weighted by molar-refractivity contribution is 9.10. The number of carboxylic acids is 1. The summed E-state index contributed by atoms with van der Waals surface area (Å²) in [4.78, 5) is 10.8. The van der Waals surface area contributed by atoms with Gasteiger partial charge in [-0.2, -0.15) is 0 Å². The normalized spacial score (nSPS) is 15.3. The number of methoxy groups -OCH3 is 1. The molecule has 1 atom stereocenters. The molecular formula is C13H16BrNO3. The van der Waals surface area contributed by atoms with Crippen molar-refractivity contribution in [2.45, 2.75) is 31.7 Å². The maximum atomic E-state index is 10.8. The summed E-state index contributed by atoms with van der Waals surface area (Å²) in [5.74, 6) is -0.231. The Labute approximate surface area is 114 Å². The minimum absolute atomic E-state index is 0.0956. The molecule has 0 amide bonds. The lowest BCUT2D eigenvalue weighted by atomic mass is 9.98. The molecule has 1 aromatic carbocycles. The number of nitrogens with two attached hydrogens (primary N) is 1. The lowest BCUT2D eigenvalue weighted by Crippen LogP contribution is -2.16. The third-order valence-electron chi connectivity index (χ3n) is 3.31. The van der Waals surface area contributed by atoms with Crippen LogP contribution < -0.4 is 10.5 Å². The van der Waals surface area contributed by atoms with Gasteiger partial charge in [0.25, 0.3) is 0 Å². The standard InChI is InChI=1S/C13H16BrNO3/c1-18-13-9(10(15)6-11(16)17)5-7-3-2-4-8(7)12(13)14/h5,10H,2-4,6,15H2,1H3,(H,16,17). The number of aryl methyl sites for hydroxylation is 1. The predicted octanol–water partition coefficient (Wildman–Crippen LogP) is 2.42. The first-order valence-corrected chi connectivity index (χ1v) is 6.69. The number of carbonyl (C=O) groups is 1. The zero-order chi connectivity index (χ0) is 13.3. The van der Waals surface area contributed by atoms with Crippen molar-refractivity contribution in [3.63, 3.8) is 0 Å². The lowest BCUT2D eigenvalue weighted by molar-refractivity contribution is -0.137. The average molecular weight is 314 g/mol. The van der Waals surface area contributed by atoms with E-state index < -0.39 is 12.0 Å². The van der Waals surface area contributed by atoms with E-state index in [0.29, 0.717) is 5.75 Å². The van der Waals surface area contributed by atoms with Gasteiger partial charge in [0.2, 0.25) is 0 Å². The Morgan fingerprint density at radius 1 is 1.61 bits per heavy atom. The van der Waals surface area contributed by atoms with Crippen molar-refractivity contribution < 1.29 is 14.6 Å². The monoisotopic (exact) mass is 313 g/mol. The van der Waals surface area contributed by atoms with Crippen molar-refractivity contribution in [3.05, 3.63) is 27.2 Å². The van der Waals surface area contributed by atoms with Crippen molar-refractivity contribution in [2.24, 2.45) is 5.73 Å². The molecule has 18 heavy (non-hydrogen) atoms. The second-order valence-corrected chi connectivity index (χ2v) is 5.30. The van der Waals surface area contributed by atoms with E-state index in [1.807, 2.05) is 6.07 Å². The molecule has 1 aliphatic rings. The Kier molecular flexibility index (Phi) is 3.92. The molecule has 0 heterocycles. The van der Waals surface area contributed by atoms with Gasteiger partial charge in [-0.3, -0.25) is 4.79 Å². The van der Waals surface area contributed by atoms with E-state index in [4.69, 9.17) is 15.6 Å². The van der Waals surface area contributed by atoms with Gasteiger partial charge < -0.3 is 15.6 Å². The molecule has 98 valence electrons. The van der Waals surface area contributed by atoms with Gasteiger partial charge in [0.15, 0.2) is 0 Å². The SMILES string of the molecule is COc1c(C(N)CC(=O)O)cc2c(c1Br)CCC2. The third-order valence-corrected chi connectivity index (χ3v) is 4.15. The van der Waals surface area contributed by atoms with Gasteiger partial charge in [0, 0.05) is 11.6 Å². The number of fused-ring (bicyclic) bond motifs is 1. The number of halogens is 1. The number of rotatable bonds is 4. The fraction of sp³-hybridized carbons (Fsp3) is 0.462. The molecule has 0 spiro atoms. The second kappa shape index (κ2) is 5.28. The Balaban J connectivity index is 2.46. The molecule has 4 nitrogen and oxygen atoms in total. The van der Waals surface area contributed by atoms with Crippen LogP contribution in [0.3, 0.4) is 0 Å². The van der Waals surface area contributed by atoms with Crippen LogP contribution >= 0.6 is 15.9 Å². The Morgan fingerprint density at radius 3 is 2.94 bits per heavy atom. The number of hydrogen-bond acceptors (Lipinski definition) is 3. The fourth-order valence-corrected chi connectivity index (χ4v) is 3.32. The molecule has 0 aliphatic heterocycles.